The third kappa shape index (κ3) is 3.77. The molecule has 0 atom stereocenters. The SMILES string of the molecule is Cc1ccc(-c2nc(=S)c(-c3ccccc3)c(S(=O)(=O)c3ccccc3)[nH]2)cc1. The number of rotatable bonds is 4. The molecule has 0 unspecified atom stereocenters. The Morgan fingerprint density at radius 2 is 1.38 bits per heavy atom. The number of aromatic nitrogens is 2. The summed E-state index contributed by atoms with van der Waals surface area (Å²) in [5.74, 6) is 0.421. The second-order valence-electron chi connectivity index (χ2n) is 6.64. The van der Waals surface area contributed by atoms with E-state index in [1.54, 1.807) is 30.3 Å². The predicted molar refractivity (Wildman–Crippen MR) is 117 cm³/mol. The lowest BCUT2D eigenvalue weighted by Crippen LogP contribution is -2.09. The number of nitrogens with zero attached hydrogens (tertiary/aromatic N) is 1. The molecule has 0 saturated carbocycles. The van der Waals surface area contributed by atoms with Crippen molar-refractivity contribution in [2.45, 2.75) is 16.8 Å². The van der Waals surface area contributed by atoms with Gasteiger partial charge in [0.25, 0.3) is 0 Å². The van der Waals surface area contributed by atoms with Crippen molar-refractivity contribution >= 4 is 22.1 Å². The smallest absolute Gasteiger partial charge is 0.222 e. The van der Waals surface area contributed by atoms with Crippen molar-refractivity contribution < 1.29 is 8.42 Å². The third-order valence-corrected chi connectivity index (χ3v) is 6.63. The summed E-state index contributed by atoms with van der Waals surface area (Å²) >= 11 is 5.56. The van der Waals surface area contributed by atoms with Crippen molar-refractivity contribution in [2.24, 2.45) is 0 Å². The molecule has 29 heavy (non-hydrogen) atoms. The van der Waals surface area contributed by atoms with Crippen LogP contribution in [0.5, 0.6) is 0 Å². The van der Waals surface area contributed by atoms with E-state index in [1.807, 2.05) is 61.5 Å². The first-order valence-electron chi connectivity index (χ1n) is 9.04. The second kappa shape index (κ2) is 7.73. The Morgan fingerprint density at radius 3 is 2.00 bits per heavy atom. The van der Waals surface area contributed by atoms with E-state index in [1.165, 1.54) is 0 Å². The van der Waals surface area contributed by atoms with Crippen LogP contribution in [0.4, 0.5) is 0 Å². The lowest BCUT2D eigenvalue weighted by Gasteiger charge is -2.13. The van der Waals surface area contributed by atoms with Gasteiger partial charge in [0, 0.05) is 5.56 Å². The van der Waals surface area contributed by atoms with Gasteiger partial charge in [-0.25, -0.2) is 13.4 Å². The monoisotopic (exact) mass is 418 g/mol. The van der Waals surface area contributed by atoms with Crippen LogP contribution in [0.15, 0.2) is 94.9 Å². The maximum atomic E-state index is 13.5. The van der Waals surface area contributed by atoms with Crippen molar-refractivity contribution in [3.8, 4) is 22.5 Å². The standard InChI is InChI=1S/C23H18N2O2S2/c1-16-12-14-18(15-13-16)21-24-22(28)20(17-8-4-2-5-9-17)23(25-21)29(26,27)19-10-6-3-7-11-19/h2-15H,1H3,(H,24,25,28). The number of nitrogens with one attached hydrogen (secondary N) is 1. The van der Waals surface area contributed by atoms with Crippen LogP contribution >= 0.6 is 12.2 Å². The van der Waals surface area contributed by atoms with Crippen LogP contribution in [-0.2, 0) is 9.84 Å². The van der Waals surface area contributed by atoms with Crippen molar-refractivity contribution in [1.82, 2.24) is 9.97 Å². The number of sulfone groups is 1. The van der Waals surface area contributed by atoms with Crippen LogP contribution in [0, 0.1) is 11.6 Å². The highest BCUT2D eigenvalue weighted by molar-refractivity contribution is 7.91. The first kappa shape index (κ1) is 19.2. The molecule has 0 aliphatic carbocycles. The lowest BCUT2D eigenvalue weighted by atomic mass is 10.1. The van der Waals surface area contributed by atoms with Crippen molar-refractivity contribution in [3.05, 3.63) is 95.1 Å². The van der Waals surface area contributed by atoms with Gasteiger partial charge in [-0.15, -0.1) is 0 Å². The number of aromatic amines is 1. The number of benzene rings is 3. The maximum absolute atomic E-state index is 13.5. The largest absolute Gasteiger partial charge is 0.329 e. The quantitative estimate of drug-likeness (QED) is 0.345. The van der Waals surface area contributed by atoms with E-state index >= 15 is 0 Å². The topological polar surface area (TPSA) is 62.8 Å². The molecule has 0 aliphatic heterocycles. The van der Waals surface area contributed by atoms with Gasteiger partial charge in [0.1, 0.15) is 15.5 Å². The maximum Gasteiger partial charge on any atom is 0.222 e. The Labute approximate surface area is 174 Å². The lowest BCUT2D eigenvalue weighted by molar-refractivity contribution is 0.592. The van der Waals surface area contributed by atoms with E-state index in [4.69, 9.17) is 12.2 Å². The molecular weight excluding hydrogens is 400 g/mol. The zero-order chi connectivity index (χ0) is 20.4. The Morgan fingerprint density at radius 1 is 0.793 bits per heavy atom. The van der Waals surface area contributed by atoms with E-state index < -0.39 is 9.84 Å². The van der Waals surface area contributed by atoms with Crippen LogP contribution in [0.1, 0.15) is 5.56 Å². The number of aryl methyl sites for hydroxylation is 1. The summed E-state index contributed by atoms with van der Waals surface area (Å²) in [6.07, 6.45) is 0. The number of hydrogen-bond donors (Lipinski definition) is 1. The van der Waals surface area contributed by atoms with E-state index in [-0.39, 0.29) is 14.6 Å². The van der Waals surface area contributed by atoms with Crippen molar-refractivity contribution in [2.75, 3.05) is 0 Å². The fourth-order valence-electron chi connectivity index (χ4n) is 3.08. The van der Waals surface area contributed by atoms with E-state index in [2.05, 4.69) is 9.97 Å². The molecule has 1 N–H and O–H groups in total. The van der Waals surface area contributed by atoms with Gasteiger partial charge in [-0.3, -0.25) is 0 Å². The second-order valence-corrected chi connectivity index (χ2v) is 8.92. The summed E-state index contributed by atoms with van der Waals surface area (Å²) in [6, 6.07) is 25.2. The molecule has 0 aliphatic rings. The minimum absolute atomic E-state index is 0.0467. The first-order chi connectivity index (χ1) is 14.0. The van der Waals surface area contributed by atoms with Crippen LogP contribution < -0.4 is 0 Å². The molecule has 0 bridgehead atoms. The Balaban J connectivity index is 2.03. The average molecular weight is 419 g/mol. The molecule has 4 nitrogen and oxygen atoms in total. The van der Waals surface area contributed by atoms with Crippen molar-refractivity contribution in [3.63, 3.8) is 0 Å². The van der Waals surface area contributed by atoms with E-state index in [0.717, 1.165) is 11.1 Å². The fourth-order valence-corrected chi connectivity index (χ4v) is 4.92. The van der Waals surface area contributed by atoms with E-state index in [0.29, 0.717) is 17.0 Å². The highest BCUT2D eigenvalue weighted by Gasteiger charge is 2.25. The summed E-state index contributed by atoms with van der Waals surface area (Å²) in [5.41, 5.74) is 2.97. The molecule has 0 amide bonds. The molecule has 0 spiro atoms. The highest BCUT2D eigenvalue weighted by atomic mass is 32.2. The van der Waals surface area contributed by atoms with Gasteiger partial charge in [-0.05, 0) is 24.6 Å². The molecule has 0 radical (unpaired) electrons. The Bertz CT molecular complexity index is 1310. The van der Waals surface area contributed by atoms with Crippen LogP contribution in [0.25, 0.3) is 22.5 Å². The zero-order valence-electron chi connectivity index (χ0n) is 15.7. The van der Waals surface area contributed by atoms with E-state index in [9.17, 15) is 8.42 Å². The fraction of sp³-hybridized carbons (Fsp3) is 0.0435. The molecule has 6 heteroatoms. The summed E-state index contributed by atoms with van der Waals surface area (Å²) < 4.78 is 27.3. The van der Waals surface area contributed by atoms with Gasteiger partial charge in [-0.2, -0.15) is 0 Å². The summed E-state index contributed by atoms with van der Waals surface area (Å²) in [6.45, 7) is 1.99. The molecule has 0 fully saturated rings. The van der Waals surface area contributed by atoms with Crippen LogP contribution in [0.2, 0.25) is 0 Å². The van der Waals surface area contributed by atoms with Gasteiger partial charge in [-0.1, -0.05) is 90.6 Å². The number of H-pyrrole nitrogens is 1. The third-order valence-electron chi connectivity index (χ3n) is 4.60. The molecule has 3 aromatic carbocycles. The van der Waals surface area contributed by atoms with Gasteiger partial charge in [0.2, 0.25) is 9.84 Å². The summed E-state index contributed by atoms with van der Waals surface area (Å²) in [7, 11) is -3.84. The first-order valence-corrected chi connectivity index (χ1v) is 10.9. The number of hydrogen-bond acceptors (Lipinski definition) is 4. The summed E-state index contributed by atoms with van der Waals surface area (Å²) in [4.78, 5) is 7.77. The van der Waals surface area contributed by atoms with Crippen molar-refractivity contribution in [1.29, 1.82) is 0 Å². The molecule has 1 aromatic heterocycles. The van der Waals surface area contributed by atoms with Gasteiger partial charge < -0.3 is 4.98 Å². The molecule has 4 rings (SSSR count). The van der Waals surface area contributed by atoms with Gasteiger partial charge in [0.05, 0.1) is 10.5 Å². The minimum Gasteiger partial charge on any atom is -0.329 e. The molecule has 1 heterocycles. The predicted octanol–water partition coefficient (Wildman–Crippen LogP) is 5.61. The highest BCUT2D eigenvalue weighted by Crippen LogP contribution is 2.32. The minimum atomic E-state index is -3.84. The van der Waals surface area contributed by atoms with Gasteiger partial charge >= 0.3 is 0 Å². The Kier molecular flexibility index (Phi) is 5.13. The molecular formula is C23H18N2O2S2. The summed E-state index contributed by atoms with van der Waals surface area (Å²) in [5, 5.41) is 0.0467. The molecule has 0 saturated heterocycles. The normalized spacial score (nSPS) is 11.3. The van der Waals surface area contributed by atoms with Gasteiger partial charge in [0.15, 0.2) is 0 Å². The van der Waals surface area contributed by atoms with Crippen LogP contribution in [0.3, 0.4) is 0 Å². The van der Waals surface area contributed by atoms with Crippen LogP contribution in [-0.4, -0.2) is 18.4 Å². The average Bonchev–Trinajstić information content (AvgIpc) is 2.75. The molecule has 144 valence electrons. The Hall–Kier alpha value is -3.09. The zero-order valence-corrected chi connectivity index (χ0v) is 17.3. The molecule has 4 aromatic rings.